The number of nitrogens with zero attached hydrogens (tertiary/aromatic N) is 1. The van der Waals surface area contributed by atoms with Crippen LogP contribution in [0.4, 0.5) is 5.69 Å². The van der Waals surface area contributed by atoms with Crippen molar-refractivity contribution in [3.63, 3.8) is 0 Å². The van der Waals surface area contributed by atoms with Gasteiger partial charge in [0, 0.05) is 28.7 Å². The van der Waals surface area contributed by atoms with Crippen LogP contribution < -0.4 is 5.32 Å². The highest BCUT2D eigenvalue weighted by Gasteiger charge is 2.29. The number of anilines is 1. The number of nitrogens with one attached hydrogen (secondary N) is 1. The van der Waals surface area contributed by atoms with Gasteiger partial charge in [0.1, 0.15) is 0 Å². The first kappa shape index (κ1) is 16.2. The van der Waals surface area contributed by atoms with Crippen LogP contribution in [0.25, 0.3) is 21.3 Å². The minimum Gasteiger partial charge on any atom is -0.384 e. The summed E-state index contributed by atoms with van der Waals surface area (Å²) in [7, 11) is 0. The lowest BCUT2D eigenvalue weighted by Gasteiger charge is -2.19. The molecule has 3 aromatic carbocycles. The summed E-state index contributed by atoms with van der Waals surface area (Å²) < 4.78 is 5.71. The molecule has 4 aromatic rings. The lowest BCUT2D eigenvalue weighted by molar-refractivity contribution is 0.104. The van der Waals surface area contributed by atoms with Crippen molar-refractivity contribution in [3.8, 4) is 11.3 Å². The van der Waals surface area contributed by atoms with Crippen LogP contribution in [0.5, 0.6) is 0 Å². The van der Waals surface area contributed by atoms with Gasteiger partial charge in [0.15, 0.2) is 5.78 Å². The number of benzene rings is 3. The maximum Gasteiger partial charge on any atom is 0.196 e. The lowest BCUT2D eigenvalue weighted by Crippen LogP contribution is -2.14. The van der Waals surface area contributed by atoms with E-state index in [1.54, 1.807) is 0 Å². The first-order valence-electron chi connectivity index (χ1n) is 9.17. The summed E-state index contributed by atoms with van der Waals surface area (Å²) >= 11 is 1.46. The number of hydrogen-bond acceptors (Lipinski definition) is 4. The predicted octanol–water partition coefficient (Wildman–Crippen LogP) is 5.55. The molecule has 5 rings (SSSR count). The van der Waals surface area contributed by atoms with E-state index in [-0.39, 0.29) is 5.78 Å². The number of carbonyl (C=O) groups is 1. The van der Waals surface area contributed by atoms with Gasteiger partial charge in [-0.05, 0) is 42.1 Å². The maximum atomic E-state index is 13.2. The zero-order valence-corrected chi connectivity index (χ0v) is 15.6. The summed E-state index contributed by atoms with van der Waals surface area (Å²) in [5, 5.41) is 4.48. The molecule has 0 amide bonds. The molecule has 0 bridgehead atoms. The van der Waals surface area contributed by atoms with Gasteiger partial charge >= 0.3 is 0 Å². The van der Waals surface area contributed by atoms with Crippen molar-refractivity contribution in [2.24, 2.45) is 0 Å². The predicted molar refractivity (Wildman–Crippen MR) is 112 cm³/mol. The Labute approximate surface area is 161 Å². The minimum absolute atomic E-state index is 0.0921. The van der Waals surface area contributed by atoms with Crippen LogP contribution in [0.15, 0.2) is 66.7 Å². The molecule has 0 atom stereocenters. The molecule has 1 aliphatic carbocycles. The van der Waals surface area contributed by atoms with Crippen LogP contribution in [0.3, 0.4) is 0 Å². The zero-order valence-electron chi connectivity index (χ0n) is 14.7. The fourth-order valence-electron chi connectivity index (χ4n) is 3.80. The Hall–Kier alpha value is -2.98. The summed E-state index contributed by atoms with van der Waals surface area (Å²) in [6, 6.07) is 22.4. The molecule has 1 aliphatic rings. The van der Waals surface area contributed by atoms with Crippen LogP contribution in [0.2, 0.25) is 0 Å². The van der Waals surface area contributed by atoms with E-state index in [0.29, 0.717) is 0 Å². The highest BCUT2D eigenvalue weighted by atomic mass is 32.1. The highest BCUT2D eigenvalue weighted by Crippen LogP contribution is 2.42. The van der Waals surface area contributed by atoms with Crippen molar-refractivity contribution >= 4 is 33.1 Å². The molecule has 4 heteroatoms. The third-order valence-corrected chi connectivity index (χ3v) is 5.90. The van der Waals surface area contributed by atoms with Crippen molar-refractivity contribution in [3.05, 3.63) is 83.4 Å². The van der Waals surface area contributed by atoms with Crippen LogP contribution in [-0.4, -0.2) is 16.7 Å². The molecule has 0 unspecified atom stereocenters. The number of ketones is 1. The number of rotatable bonds is 5. The molecule has 1 N–H and O–H groups in total. The van der Waals surface area contributed by atoms with Crippen molar-refractivity contribution in [1.29, 1.82) is 0 Å². The molecule has 1 heterocycles. The Morgan fingerprint density at radius 3 is 2.59 bits per heavy atom. The fourth-order valence-corrected chi connectivity index (χ4v) is 4.62. The first-order chi connectivity index (χ1) is 13.3. The van der Waals surface area contributed by atoms with E-state index in [9.17, 15) is 4.79 Å². The molecule has 0 aliphatic heterocycles. The standard InChI is InChI=1S/C23H18N2OS/c26-23-17-11-5-13-19-21(17)22(25-27-19)16-10-4-12-18(20(16)23)24-14-6-9-15-7-2-1-3-8-15/h1-5,7-8,10-13,24H,6,9,14H2. The topological polar surface area (TPSA) is 42.0 Å². The molecular formula is C23H18N2OS. The molecule has 132 valence electrons. The van der Waals surface area contributed by atoms with Crippen molar-refractivity contribution in [1.82, 2.24) is 4.37 Å². The molecule has 0 saturated carbocycles. The average Bonchev–Trinajstić information content (AvgIpc) is 3.15. The Balaban J connectivity index is 1.43. The minimum atomic E-state index is 0.0921. The van der Waals surface area contributed by atoms with E-state index in [4.69, 9.17) is 0 Å². The lowest BCUT2D eigenvalue weighted by atomic mass is 9.86. The second-order valence-corrected chi connectivity index (χ2v) is 7.59. The third-order valence-electron chi connectivity index (χ3n) is 5.09. The Kier molecular flexibility index (Phi) is 3.98. The fraction of sp³-hybridized carbons (Fsp3) is 0.130. The zero-order chi connectivity index (χ0) is 18.2. The number of aromatic nitrogens is 1. The Morgan fingerprint density at radius 1 is 0.889 bits per heavy atom. The Bertz CT molecular complexity index is 1150. The van der Waals surface area contributed by atoms with Crippen LogP contribution >= 0.6 is 11.5 Å². The van der Waals surface area contributed by atoms with Gasteiger partial charge in [0.05, 0.1) is 16.0 Å². The van der Waals surface area contributed by atoms with Crippen molar-refractivity contribution in [2.45, 2.75) is 12.8 Å². The van der Waals surface area contributed by atoms with Gasteiger partial charge in [-0.2, -0.15) is 4.37 Å². The maximum absolute atomic E-state index is 13.2. The van der Waals surface area contributed by atoms with Gasteiger partial charge in [-0.3, -0.25) is 4.79 Å². The Morgan fingerprint density at radius 2 is 1.70 bits per heavy atom. The van der Waals surface area contributed by atoms with Crippen LogP contribution in [0, 0.1) is 0 Å². The molecule has 0 saturated heterocycles. The molecule has 0 spiro atoms. The number of carbonyl (C=O) groups excluding carboxylic acids is 1. The smallest absolute Gasteiger partial charge is 0.196 e. The van der Waals surface area contributed by atoms with E-state index in [2.05, 4.69) is 34.0 Å². The van der Waals surface area contributed by atoms with E-state index in [1.807, 2.05) is 42.5 Å². The SMILES string of the molecule is O=C1c2c(NCCCc3ccccc3)cccc2-c2nsc3cccc1c23. The number of fused-ring (bicyclic) bond motifs is 2. The normalized spacial score (nSPS) is 12.2. The monoisotopic (exact) mass is 370 g/mol. The molecule has 3 nitrogen and oxygen atoms in total. The first-order valence-corrected chi connectivity index (χ1v) is 9.94. The van der Waals surface area contributed by atoms with Gasteiger partial charge in [-0.1, -0.05) is 54.6 Å². The van der Waals surface area contributed by atoms with Gasteiger partial charge < -0.3 is 5.32 Å². The highest BCUT2D eigenvalue weighted by molar-refractivity contribution is 7.13. The second-order valence-electron chi connectivity index (χ2n) is 6.78. The van der Waals surface area contributed by atoms with E-state index in [0.717, 1.165) is 57.5 Å². The summed E-state index contributed by atoms with van der Waals surface area (Å²) in [4.78, 5) is 13.2. The molecule has 0 fully saturated rings. The van der Waals surface area contributed by atoms with Gasteiger partial charge in [0.25, 0.3) is 0 Å². The third kappa shape index (κ3) is 2.73. The van der Waals surface area contributed by atoms with E-state index >= 15 is 0 Å². The van der Waals surface area contributed by atoms with Crippen LogP contribution in [0.1, 0.15) is 27.9 Å². The second kappa shape index (κ2) is 6.63. The molecular weight excluding hydrogens is 352 g/mol. The average molecular weight is 370 g/mol. The quantitative estimate of drug-likeness (QED) is 0.412. The molecule has 0 radical (unpaired) electrons. The van der Waals surface area contributed by atoms with E-state index in [1.165, 1.54) is 17.1 Å². The number of aryl methyl sites for hydroxylation is 1. The number of hydrogen-bond donors (Lipinski definition) is 1. The summed E-state index contributed by atoms with van der Waals surface area (Å²) in [6.07, 6.45) is 2.03. The van der Waals surface area contributed by atoms with Crippen molar-refractivity contribution < 1.29 is 4.79 Å². The molecule has 27 heavy (non-hydrogen) atoms. The molecule has 1 aromatic heterocycles. The van der Waals surface area contributed by atoms with Crippen LogP contribution in [-0.2, 0) is 6.42 Å². The largest absolute Gasteiger partial charge is 0.384 e. The summed E-state index contributed by atoms with van der Waals surface area (Å²) in [6.45, 7) is 0.826. The summed E-state index contributed by atoms with van der Waals surface area (Å²) in [5.74, 6) is 0.0921. The van der Waals surface area contributed by atoms with Gasteiger partial charge in [-0.25, -0.2) is 0 Å². The van der Waals surface area contributed by atoms with Crippen molar-refractivity contribution in [2.75, 3.05) is 11.9 Å². The van der Waals surface area contributed by atoms with E-state index < -0.39 is 0 Å². The van der Waals surface area contributed by atoms with Gasteiger partial charge in [-0.15, -0.1) is 0 Å². The van der Waals surface area contributed by atoms with Gasteiger partial charge in [0.2, 0.25) is 0 Å². The summed E-state index contributed by atoms with van der Waals surface area (Å²) in [5.41, 5.74) is 5.64.